The monoisotopic (exact) mass is 404 g/mol. The van der Waals surface area contributed by atoms with Gasteiger partial charge in [0.1, 0.15) is 5.82 Å². The van der Waals surface area contributed by atoms with Crippen LogP contribution < -0.4 is 0 Å². The Morgan fingerprint density at radius 1 is 1.03 bits per heavy atom. The van der Waals surface area contributed by atoms with Crippen molar-refractivity contribution in [1.82, 2.24) is 19.2 Å². The standard InChI is InChI=1S/C25H32N4O/c1-5-9-20(10-6-2)25(30)28-16-22-23(17-28)26-29(24(22)27-13-7-8-14-27)21-12-11-18(3)19(4)15-21/h7-8,11-15,20H,5-6,9-10,16-17H2,1-4H3. The summed E-state index contributed by atoms with van der Waals surface area (Å²) >= 11 is 0. The van der Waals surface area contributed by atoms with Gasteiger partial charge in [0.25, 0.3) is 0 Å². The van der Waals surface area contributed by atoms with Crippen LogP contribution in [0.4, 0.5) is 0 Å². The van der Waals surface area contributed by atoms with Crippen molar-refractivity contribution in [3.8, 4) is 11.5 Å². The van der Waals surface area contributed by atoms with Crippen LogP contribution in [0.3, 0.4) is 0 Å². The van der Waals surface area contributed by atoms with Gasteiger partial charge in [-0.1, -0.05) is 32.8 Å². The van der Waals surface area contributed by atoms with Crippen LogP contribution in [0.2, 0.25) is 0 Å². The van der Waals surface area contributed by atoms with E-state index in [0.29, 0.717) is 13.1 Å². The first-order valence-corrected chi connectivity index (χ1v) is 11.1. The van der Waals surface area contributed by atoms with Crippen molar-refractivity contribution in [3.63, 3.8) is 0 Å². The Morgan fingerprint density at radius 2 is 1.73 bits per heavy atom. The maximum Gasteiger partial charge on any atom is 0.226 e. The molecule has 0 bridgehead atoms. The first-order chi connectivity index (χ1) is 14.5. The summed E-state index contributed by atoms with van der Waals surface area (Å²) < 4.78 is 4.15. The number of carbonyl (C=O) groups excluding carboxylic acids is 1. The molecule has 1 aromatic carbocycles. The fraction of sp³-hybridized carbons (Fsp3) is 0.440. The molecule has 0 saturated heterocycles. The van der Waals surface area contributed by atoms with Crippen molar-refractivity contribution in [2.24, 2.45) is 5.92 Å². The second-order valence-electron chi connectivity index (χ2n) is 8.49. The third kappa shape index (κ3) is 3.69. The Bertz CT molecular complexity index is 1030. The molecule has 0 N–H and O–H groups in total. The quantitative estimate of drug-likeness (QED) is 0.533. The second-order valence-corrected chi connectivity index (χ2v) is 8.49. The average molecular weight is 405 g/mol. The lowest BCUT2D eigenvalue weighted by atomic mass is 9.97. The van der Waals surface area contributed by atoms with E-state index < -0.39 is 0 Å². The normalized spacial score (nSPS) is 13.3. The predicted octanol–water partition coefficient (Wildman–Crippen LogP) is 5.34. The molecule has 158 valence electrons. The minimum absolute atomic E-state index is 0.130. The summed E-state index contributed by atoms with van der Waals surface area (Å²) in [5.41, 5.74) is 5.75. The van der Waals surface area contributed by atoms with Gasteiger partial charge in [0.2, 0.25) is 5.91 Å². The highest BCUT2D eigenvalue weighted by atomic mass is 16.2. The number of rotatable bonds is 7. The van der Waals surface area contributed by atoms with Crippen molar-refractivity contribution in [3.05, 3.63) is 65.1 Å². The van der Waals surface area contributed by atoms with E-state index in [9.17, 15) is 4.79 Å². The van der Waals surface area contributed by atoms with Crippen molar-refractivity contribution >= 4 is 5.91 Å². The first kappa shape index (κ1) is 20.5. The van der Waals surface area contributed by atoms with E-state index in [1.165, 1.54) is 11.1 Å². The summed E-state index contributed by atoms with van der Waals surface area (Å²) in [6.07, 6.45) is 8.13. The van der Waals surface area contributed by atoms with Crippen LogP contribution in [-0.4, -0.2) is 25.2 Å². The Kier molecular flexibility index (Phi) is 5.80. The van der Waals surface area contributed by atoms with Gasteiger partial charge in [-0.25, -0.2) is 4.68 Å². The number of aromatic nitrogens is 3. The number of hydrogen-bond donors (Lipinski definition) is 0. The molecule has 1 aliphatic heterocycles. The van der Waals surface area contributed by atoms with Gasteiger partial charge in [0, 0.05) is 23.9 Å². The predicted molar refractivity (Wildman–Crippen MR) is 120 cm³/mol. The highest BCUT2D eigenvalue weighted by Gasteiger charge is 2.33. The van der Waals surface area contributed by atoms with E-state index in [1.807, 2.05) is 21.7 Å². The van der Waals surface area contributed by atoms with Crippen LogP contribution in [0.25, 0.3) is 11.5 Å². The van der Waals surface area contributed by atoms with E-state index >= 15 is 0 Å². The fourth-order valence-electron chi connectivity index (χ4n) is 4.48. The minimum Gasteiger partial charge on any atom is -0.332 e. The van der Waals surface area contributed by atoms with Gasteiger partial charge in [-0.05, 0) is 62.1 Å². The van der Waals surface area contributed by atoms with Gasteiger partial charge in [0.05, 0.1) is 24.5 Å². The molecule has 3 heterocycles. The van der Waals surface area contributed by atoms with E-state index in [-0.39, 0.29) is 11.8 Å². The number of amides is 1. The third-order valence-electron chi connectivity index (χ3n) is 6.25. The number of benzene rings is 1. The molecule has 3 aromatic rings. The van der Waals surface area contributed by atoms with Crippen LogP contribution in [0.5, 0.6) is 0 Å². The van der Waals surface area contributed by atoms with Crippen molar-refractivity contribution in [2.75, 3.05) is 0 Å². The van der Waals surface area contributed by atoms with Gasteiger partial charge >= 0.3 is 0 Å². The van der Waals surface area contributed by atoms with Crippen LogP contribution in [0.1, 0.15) is 61.9 Å². The molecular weight excluding hydrogens is 372 g/mol. The molecular formula is C25H32N4O. The lowest BCUT2D eigenvalue weighted by molar-refractivity contribution is -0.136. The molecule has 1 aliphatic rings. The number of aryl methyl sites for hydroxylation is 2. The van der Waals surface area contributed by atoms with E-state index in [1.54, 1.807) is 0 Å². The summed E-state index contributed by atoms with van der Waals surface area (Å²) in [5, 5.41) is 4.97. The van der Waals surface area contributed by atoms with Crippen molar-refractivity contribution < 1.29 is 4.79 Å². The molecule has 4 rings (SSSR count). The lowest BCUT2D eigenvalue weighted by Gasteiger charge is -2.23. The smallest absolute Gasteiger partial charge is 0.226 e. The molecule has 30 heavy (non-hydrogen) atoms. The number of carbonyl (C=O) groups is 1. The SMILES string of the molecule is CCCC(CCC)C(=O)N1Cc2nn(-c3ccc(C)c(C)c3)c(-n3cccc3)c2C1. The fourth-order valence-corrected chi connectivity index (χ4v) is 4.48. The molecule has 0 unspecified atom stereocenters. The van der Waals surface area contributed by atoms with Gasteiger partial charge in [-0.15, -0.1) is 0 Å². The summed E-state index contributed by atoms with van der Waals surface area (Å²) in [5.74, 6) is 1.45. The summed E-state index contributed by atoms with van der Waals surface area (Å²) in [6, 6.07) is 10.5. The van der Waals surface area contributed by atoms with Gasteiger partial charge in [0.15, 0.2) is 0 Å². The Hall–Kier alpha value is -2.82. The molecule has 0 spiro atoms. The van der Waals surface area contributed by atoms with E-state index in [0.717, 1.165) is 48.4 Å². The topological polar surface area (TPSA) is 43.1 Å². The number of hydrogen-bond acceptors (Lipinski definition) is 2. The summed E-state index contributed by atoms with van der Waals surface area (Å²) in [4.78, 5) is 15.2. The van der Waals surface area contributed by atoms with Crippen LogP contribution in [0, 0.1) is 19.8 Å². The van der Waals surface area contributed by atoms with E-state index in [4.69, 9.17) is 5.10 Å². The molecule has 1 amide bonds. The van der Waals surface area contributed by atoms with Crippen LogP contribution in [0.15, 0.2) is 42.7 Å². The largest absolute Gasteiger partial charge is 0.332 e. The second kappa shape index (κ2) is 8.50. The zero-order valence-electron chi connectivity index (χ0n) is 18.6. The zero-order chi connectivity index (χ0) is 21.3. The highest BCUT2D eigenvalue weighted by Crippen LogP contribution is 2.32. The highest BCUT2D eigenvalue weighted by molar-refractivity contribution is 5.79. The van der Waals surface area contributed by atoms with Crippen LogP contribution in [-0.2, 0) is 17.9 Å². The number of fused-ring (bicyclic) bond motifs is 1. The Balaban J connectivity index is 1.70. The maximum absolute atomic E-state index is 13.2. The van der Waals surface area contributed by atoms with Crippen LogP contribution >= 0.6 is 0 Å². The molecule has 0 saturated carbocycles. The number of nitrogens with zero attached hydrogens (tertiary/aromatic N) is 4. The van der Waals surface area contributed by atoms with Crippen molar-refractivity contribution in [2.45, 2.75) is 66.5 Å². The molecule has 0 fully saturated rings. The third-order valence-corrected chi connectivity index (χ3v) is 6.25. The molecule has 0 aliphatic carbocycles. The molecule has 5 nitrogen and oxygen atoms in total. The van der Waals surface area contributed by atoms with Crippen molar-refractivity contribution in [1.29, 1.82) is 0 Å². The summed E-state index contributed by atoms with van der Waals surface area (Å²) in [7, 11) is 0. The minimum atomic E-state index is 0.130. The Morgan fingerprint density at radius 3 is 2.37 bits per heavy atom. The molecule has 5 heteroatoms. The Labute approximate surface area is 179 Å². The summed E-state index contributed by atoms with van der Waals surface area (Å²) in [6.45, 7) is 9.81. The van der Waals surface area contributed by atoms with Gasteiger partial charge < -0.3 is 9.47 Å². The average Bonchev–Trinajstić information content (AvgIpc) is 3.45. The van der Waals surface area contributed by atoms with E-state index in [2.05, 4.69) is 62.9 Å². The maximum atomic E-state index is 13.2. The molecule has 0 radical (unpaired) electrons. The first-order valence-electron chi connectivity index (χ1n) is 11.1. The molecule has 0 atom stereocenters. The van der Waals surface area contributed by atoms with Gasteiger partial charge in [-0.2, -0.15) is 5.10 Å². The lowest BCUT2D eigenvalue weighted by Crippen LogP contribution is -2.32. The van der Waals surface area contributed by atoms with Gasteiger partial charge in [-0.3, -0.25) is 4.79 Å². The molecule has 2 aromatic heterocycles. The zero-order valence-corrected chi connectivity index (χ0v) is 18.6.